The van der Waals surface area contributed by atoms with E-state index in [0.717, 1.165) is 73.9 Å². The van der Waals surface area contributed by atoms with Crippen molar-refractivity contribution in [2.75, 3.05) is 67.5 Å². The minimum absolute atomic E-state index is 0.0909. The fourth-order valence-electron chi connectivity index (χ4n) is 3.05. The zero-order valence-corrected chi connectivity index (χ0v) is 18.1. The highest BCUT2D eigenvalue weighted by Crippen LogP contribution is 2.08. The van der Waals surface area contributed by atoms with Gasteiger partial charge in [0.15, 0.2) is 0 Å². The average Bonchev–Trinajstić information content (AvgIpc) is 2.59. The summed E-state index contributed by atoms with van der Waals surface area (Å²) in [7, 11) is 9.13. The Balaban J connectivity index is 3.85. The molecular formula is C21H42N4O2+2. The zero-order valence-electron chi connectivity index (χ0n) is 18.1. The third kappa shape index (κ3) is 15.1. The first kappa shape index (κ1) is 25.3. The van der Waals surface area contributed by atoms with E-state index in [0.29, 0.717) is 0 Å². The molecule has 2 amide bonds. The molecule has 156 valence electrons. The summed E-state index contributed by atoms with van der Waals surface area (Å²) in [6.07, 6.45) is 8.06. The van der Waals surface area contributed by atoms with Crippen molar-refractivity contribution < 1.29 is 18.6 Å². The highest BCUT2D eigenvalue weighted by atomic mass is 16.2. The van der Waals surface area contributed by atoms with Gasteiger partial charge in [-0.2, -0.15) is 0 Å². The van der Waals surface area contributed by atoms with Crippen LogP contribution < -0.4 is 10.6 Å². The Morgan fingerprint density at radius 3 is 1.33 bits per heavy atom. The summed E-state index contributed by atoms with van der Waals surface area (Å²) in [5.41, 5.74) is 0. The number of hydrogen-bond acceptors (Lipinski definition) is 2. The fraction of sp³-hybridized carbons (Fsp3) is 0.714. The molecule has 0 radical (unpaired) electrons. The first-order chi connectivity index (χ1) is 12.6. The summed E-state index contributed by atoms with van der Waals surface area (Å²) >= 11 is 0. The molecule has 0 aromatic heterocycles. The molecule has 0 rings (SSSR count). The van der Waals surface area contributed by atoms with Crippen molar-refractivity contribution in [2.45, 2.75) is 32.1 Å². The topological polar surface area (TPSA) is 58.2 Å². The molecule has 6 heteroatoms. The number of unbranched alkanes of at least 4 members (excludes halogenated alkanes) is 2. The predicted octanol–water partition coefficient (Wildman–Crippen LogP) is 1.69. The van der Waals surface area contributed by atoms with Crippen LogP contribution in [0.25, 0.3) is 0 Å². The second-order valence-electron chi connectivity index (χ2n) is 8.52. The summed E-state index contributed by atoms with van der Waals surface area (Å²) < 4.78 is 2.03. The lowest BCUT2D eigenvalue weighted by Crippen LogP contribution is -2.46. The molecule has 2 N–H and O–H groups in total. The van der Waals surface area contributed by atoms with Gasteiger partial charge < -0.3 is 19.6 Å². The molecule has 0 aromatic carbocycles. The SMILES string of the molecule is C=CC(=O)NCCCC[N+](C)(C)CCC[N+](C)(C)CCCCNC(=O)C=C. The maximum absolute atomic E-state index is 11.1. The summed E-state index contributed by atoms with van der Waals surface area (Å²) in [6, 6.07) is 0. The molecule has 0 aliphatic rings. The highest BCUT2D eigenvalue weighted by Gasteiger charge is 2.19. The average molecular weight is 383 g/mol. The van der Waals surface area contributed by atoms with Crippen LogP contribution in [0.1, 0.15) is 32.1 Å². The molecule has 0 aliphatic carbocycles. The van der Waals surface area contributed by atoms with Gasteiger partial charge in [0.05, 0.1) is 54.4 Å². The van der Waals surface area contributed by atoms with Crippen LogP contribution in [0.2, 0.25) is 0 Å². The first-order valence-corrected chi connectivity index (χ1v) is 10.1. The van der Waals surface area contributed by atoms with Gasteiger partial charge in [0.1, 0.15) is 0 Å². The van der Waals surface area contributed by atoms with Crippen molar-refractivity contribution in [3.63, 3.8) is 0 Å². The fourth-order valence-corrected chi connectivity index (χ4v) is 3.05. The molecule has 0 heterocycles. The molecule has 0 spiro atoms. The van der Waals surface area contributed by atoms with E-state index in [4.69, 9.17) is 0 Å². The molecule has 0 saturated heterocycles. The second kappa shape index (κ2) is 13.5. The van der Waals surface area contributed by atoms with Crippen molar-refractivity contribution in [1.82, 2.24) is 10.6 Å². The van der Waals surface area contributed by atoms with E-state index in [1.165, 1.54) is 18.6 Å². The standard InChI is InChI=1S/C21H40N4O2/c1-7-20(26)22-14-9-11-16-24(3,4)18-13-19-25(5,6)17-12-10-15-23-21(27)8-2/h7-8H,1-2,9-19H2,3-6H3/p+2. The number of nitrogens with one attached hydrogen (secondary N) is 2. The van der Waals surface area contributed by atoms with Crippen molar-refractivity contribution in [3.8, 4) is 0 Å². The minimum atomic E-state index is -0.0909. The molecule has 0 atom stereocenters. The summed E-state index contributed by atoms with van der Waals surface area (Å²) in [4.78, 5) is 22.2. The molecule has 0 unspecified atom stereocenters. The number of quaternary nitrogens is 2. The summed E-state index contributed by atoms with van der Waals surface area (Å²) in [5.74, 6) is -0.182. The van der Waals surface area contributed by atoms with Gasteiger partial charge in [-0.05, 0) is 37.8 Å². The Kier molecular flexibility index (Phi) is 12.7. The van der Waals surface area contributed by atoms with Crippen LogP contribution in [0, 0.1) is 0 Å². The summed E-state index contributed by atoms with van der Waals surface area (Å²) in [5, 5.41) is 5.65. The monoisotopic (exact) mass is 382 g/mol. The Bertz CT molecular complexity index is 431. The molecule has 27 heavy (non-hydrogen) atoms. The Labute approximate surface area is 166 Å². The van der Waals surface area contributed by atoms with Gasteiger partial charge in [0, 0.05) is 19.5 Å². The van der Waals surface area contributed by atoms with Crippen molar-refractivity contribution in [2.24, 2.45) is 0 Å². The molecule has 0 fully saturated rings. The number of carbonyl (C=O) groups excluding carboxylic acids is 2. The molecule has 0 aromatic rings. The van der Waals surface area contributed by atoms with Crippen LogP contribution in [-0.4, -0.2) is 88.2 Å². The zero-order chi connectivity index (χ0) is 20.8. The van der Waals surface area contributed by atoms with Crippen LogP contribution in [0.3, 0.4) is 0 Å². The largest absolute Gasteiger partial charge is 0.353 e. The smallest absolute Gasteiger partial charge is 0.243 e. The predicted molar refractivity (Wildman–Crippen MR) is 113 cm³/mol. The Hall–Kier alpha value is -1.66. The van der Waals surface area contributed by atoms with Crippen molar-refractivity contribution >= 4 is 11.8 Å². The van der Waals surface area contributed by atoms with Crippen molar-refractivity contribution in [3.05, 3.63) is 25.3 Å². The number of carbonyl (C=O) groups is 2. The number of hydrogen-bond donors (Lipinski definition) is 2. The van der Waals surface area contributed by atoms with Crippen molar-refractivity contribution in [1.29, 1.82) is 0 Å². The van der Waals surface area contributed by atoms with Gasteiger partial charge >= 0.3 is 0 Å². The van der Waals surface area contributed by atoms with Crippen LogP contribution >= 0.6 is 0 Å². The Morgan fingerprint density at radius 2 is 1.00 bits per heavy atom. The van der Waals surface area contributed by atoms with Gasteiger partial charge in [0.2, 0.25) is 11.8 Å². The minimum Gasteiger partial charge on any atom is -0.353 e. The van der Waals surface area contributed by atoms with E-state index in [-0.39, 0.29) is 11.8 Å². The van der Waals surface area contributed by atoms with E-state index in [9.17, 15) is 9.59 Å². The molecule has 0 aliphatic heterocycles. The van der Waals surface area contributed by atoms with Gasteiger partial charge in [0.25, 0.3) is 0 Å². The van der Waals surface area contributed by atoms with E-state index < -0.39 is 0 Å². The number of amides is 2. The lowest BCUT2D eigenvalue weighted by atomic mass is 10.2. The quantitative estimate of drug-likeness (QED) is 0.242. The maximum Gasteiger partial charge on any atom is 0.243 e. The van der Waals surface area contributed by atoms with Crippen LogP contribution in [0.5, 0.6) is 0 Å². The van der Waals surface area contributed by atoms with E-state index in [2.05, 4.69) is 52.0 Å². The normalized spacial score (nSPS) is 11.7. The van der Waals surface area contributed by atoms with E-state index in [1.807, 2.05) is 0 Å². The maximum atomic E-state index is 11.1. The molecular weight excluding hydrogens is 340 g/mol. The first-order valence-electron chi connectivity index (χ1n) is 10.1. The summed E-state index contributed by atoms with van der Waals surface area (Å²) in [6.45, 7) is 12.9. The van der Waals surface area contributed by atoms with Gasteiger partial charge in [-0.15, -0.1) is 0 Å². The van der Waals surface area contributed by atoms with Gasteiger partial charge in [-0.3, -0.25) is 9.59 Å². The van der Waals surface area contributed by atoms with E-state index >= 15 is 0 Å². The number of rotatable bonds is 16. The molecule has 0 saturated carbocycles. The lowest BCUT2D eigenvalue weighted by molar-refractivity contribution is -0.909. The third-order valence-corrected chi connectivity index (χ3v) is 4.88. The van der Waals surface area contributed by atoms with E-state index in [1.54, 1.807) is 0 Å². The van der Waals surface area contributed by atoms with Gasteiger partial charge in [-0.25, -0.2) is 0 Å². The van der Waals surface area contributed by atoms with Crippen LogP contribution in [-0.2, 0) is 9.59 Å². The third-order valence-electron chi connectivity index (χ3n) is 4.88. The van der Waals surface area contributed by atoms with Gasteiger partial charge in [-0.1, -0.05) is 13.2 Å². The molecule has 0 bridgehead atoms. The van der Waals surface area contributed by atoms with Crippen LogP contribution in [0.15, 0.2) is 25.3 Å². The second-order valence-corrected chi connectivity index (χ2v) is 8.52. The highest BCUT2D eigenvalue weighted by molar-refractivity contribution is 5.87. The van der Waals surface area contributed by atoms with Crippen LogP contribution in [0.4, 0.5) is 0 Å². The lowest BCUT2D eigenvalue weighted by Gasteiger charge is -2.33. The number of nitrogens with zero attached hydrogens (tertiary/aromatic N) is 2. The Morgan fingerprint density at radius 1 is 0.667 bits per heavy atom. The molecule has 6 nitrogen and oxygen atoms in total.